The van der Waals surface area contributed by atoms with Gasteiger partial charge in [0.15, 0.2) is 0 Å². The summed E-state index contributed by atoms with van der Waals surface area (Å²) >= 11 is 2.18. The summed E-state index contributed by atoms with van der Waals surface area (Å²) in [6, 6.07) is 5.48. The first kappa shape index (κ1) is 26.4. The Hall–Kier alpha value is -2.71. The topological polar surface area (TPSA) is 123 Å². The van der Waals surface area contributed by atoms with Gasteiger partial charge in [-0.3, -0.25) is 9.80 Å². The van der Waals surface area contributed by atoms with Crippen LogP contribution in [0, 0.1) is 10.5 Å². The maximum Gasteiger partial charge on any atom is 0.344 e. The quantitative estimate of drug-likeness (QED) is 0.415. The standard InChI is InChI=1S/C24H32IN7O4/c1-4-24(36,5-2)20(28-22(34)27-18-8-6-17(25)7-9-18)21(33)29-10-12-30(13-11-29)31-15-19-14-26-16(3)32(19)23(31)35/h6-9,14,20,36H,4-5,10-13,15H2,1-3H3,(H2,27,28,34). The molecule has 1 aromatic heterocycles. The molecule has 1 fully saturated rings. The molecule has 0 bridgehead atoms. The van der Waals surface area contributed by atoms with Crippen molar-refractivity contribution in [1.29, 1.82) is 0 Å². The number of amides is 4. The number of rotatable bonds is 7. The number of hydrogen-bond acceptors (Lipinski definition) is 6. The first-order valence-electron chi connectivity index (χ1n) is 12.1. The monoisotopic (exact) mass is 609 g/mol. The van der Waals surface area contributed by atoms with Crippen molar-refractivity contribution in [3.8, 4) is 0 Å². The molecule has 1 unspecified atom stereocenters. The van der Waals surface area contributed by atoms with Crippen LogP contribution in [0.25, 0.3) is 0 Å². The summed E-state index contributed by atoms with van der Waals surface area (Å²) in [7, 11) is 0. The van der Waals surface area contributed by atoms with E-state index in [0.29, 0.717) is 57.1 Å². The summed E-state index contributed by atoms with van der Waals surface area (Å²) in [5.41, 5.74) is 0.0437. The third kappa shape index (κ3) is 5.20. The van der Waals surface area contributed by atoms with E-state index < -0.39 is 17.7 Å². The fourth-order valence-corrected chi connectivity index (χ4v) is 5.04. The van der Waals surface area contributed by atoms with Crippen molar-refractivity contribution in [2.45, 2.75) is 51.8 Å². The number of aromatic nitrogens is 2. The van der Waals surface area contributed by atoms with E-state index >= 15 is 0 Å². The van der Waals surface area contributed by atoms with Gasteiger partial charge in [-0.25, -0.2) is 24.1 Å². The van der Waals surface area contributed by atoms with E-state index in [2.05, 4.69) is 38.2 Å². The van der Waals surface area contributed by atoms with Crippen LogP contribution in [0.1, 0.15) is 38.2 Å². The van der Waals surface area contributed by atoms with Gasteiger partial charge in [0.1, 0.15) is 11.9 Å². The Balaban J connectivity index is 1.41. The van der Waals surface area contributed by atoms with Gasteiger partial charge in [-0.05, 0) is 66.6 Å². The minimum Gasteiger partial charge on any atom is -0.387 e. The van der Waals surface area contributed by atoms with Crippen LogP contribution < -0.4 is 10.6 Å². The van der Waals surface area contributed by atoms with Crippen molar-refractivity contribution in [1.82, 2.24) is 29.8 Å². The van der Waals surface area contributed by atoms with Gasteiger partial charge in [-0.15, -0.1) is 0 Å². The number of fused-ring (bicyclic) bond motifs is 1. The van der Waals surface area contributed by atoms with Gasteiger partial charge >= 0.3 is 12.1 Å². The highest BCUT2D eigenvalue weighted by Gasteiger charge is 2.43. The molecule has 1 aromatic carbocycles. The second-order valence-corrected chi connectivity index (χ2v) is 10.3. The normalized spacial score (nSPS) is 17.2. The number of hydrogen-bond donors (Lipinski definition) is 3. The highest BCUT2D eigenvalue weighted by molar-refractivity contribution is 14.1. The summed E-state index contributed by atoms with van der Waals surface area (Å²) in [6.45, 7) is 7.51. The predicted octanol–water partition coefficient (Wildman–Crippen LogP) is 2.38. The summed E-state index contributed by atoms with van der Waals surface area (Å²) in [4.78, 5) is 45.0. The smallest absolute Gasteiger partial charge is 0.344 e. The van der Waals surface area contributed by atoms with Crippen molar-refractivity contribution in [3.05, 3.63) is 45.6 Å². The molecule has 2 aliphatic rings. The molecule has 0 radical (unpaired) electrons. The first-order chi connectivity index (χ1) is 17.2. The van der Waals surface area contributed by atoms with Crippen molar-refractivity contribution < 1.29 is 19.5 Å². The molecule has 0 saturated carbocycles. The number of nitrogens with one attached hydrogen (secondary N) is 2. The number of hydrazine groups is 1. The third-order valence-electron chi connectivity index (χ3n) is 7.03. The van der Waals surface area contributed by atoms with Gasteiger partial charge in [0.25, 0.3) is 0 Å². The fourth-order valence-electron chi connectivity index (χ4n) is 4.68. The molecule has 2 aromatic rings. The number of halogens is 1. The molecule has 194 valence electrons. The van der Waals surface area contributed by atoms with E-state index in [1.807, 2.05) is 17.1 Å². The van der Waals surface area contributed by atoms with E-state index in [-0.39, 0.29) is 11.9 Å². The summed E-state index contributed by atoms with van der Waals surface area (Å²) in [6.07, 6.45) is 2.32. The van der Waals surface area contributed by atoms with Crippen molar-refractivity contribution in [2.24, 2.45) is 0 Å². The molecular weight excluding hydrogens is 577 g/mol. The van der Waals surface area contributed by atoms with E-state index in [9.17, 15) is 19.5 Å². The Morgan fingerprint density at radius 1 is 1.14 bits per heavy atom. The molecule has 12 heteroatoms. The van der Waals surface area contributed by atoms with E-state index in [1.165, 1.54) is 0 Å². The average molecular weight is 609 g/mol. The van der Waals surface area contributed by atoms with Gasteiger partial charge in [-0.2, -0.15) is 0 Å². The zero-order valence-electron chi connectivity index (χ0n) is 20.7. The SMILES string of the molecule is CCC(O)(CC)C(NC(=O)Nc1ccc(I)cc1)C(=O)N1CCN(N2Cc3cnc(C)n3C2=O)CC1. The number of benzene rings is 1. The number of urea groups is 1. The summed E-state index contributed by atoms with van der Waals surface area (Å²) < 4.78 is 2.64. The Labute approximate surface area is 223 Å². The lowest BCUT2D eigenvalue weighted by molar-refractivity contribution is -0.144. The molecule has 4 amide bonds. The molecule has 2 aliphatic heterocycles. The highest BCUT2D eigenvalue weighted by atomic mass is 127. The number of carbonyl (C=O) groups excluding carboxylic acids is 3. The molecule has 3 N–H and O–H groups in total. The molecule has 11 nitrogen and oxygen atoms in total. The van der Waals surface area contributed by atoms with Crippen molar-refractivity contribution >= 4 is 46.2 Å². The second kappa shape index (κ2) is 10.7. The molecule has 36 heavy (non-hydrogen) atoms. The minimum atomic E-state index is -1.39. The highest BCUT2D eigenvalue weighted by Crippen LogP contribution is 2.24. The van der Waals surface area contributed by atoms with Crippen LogP contribution in [0.2, 0.25) is 0 Å². The van der Waals surface area contributed by atoms with Crippen LogP contribution in [0.4, 0.5) is 15.3 Å². The van der Waals surface area contributed by atoms with Gasteiger partial charge < -0.3 is 20.6 Å². The molecular formula is C24H32IN7O4. The van der Waals surface area contributed by atoms with Crippen LogP contribution in [0.15, 0.2) is 30.5 Å². The van der Waals surface area contributed by atoms with Crippen LogP contribution in [0.3, 0.4) is 0 Å². The molecule has 1 saturated heterocycles. The van der Waals surface area contributed by atoms with Gasteiger partial charge in [0.05, 0.1) is 24.0 Å². The van der Waals surface area contributed by atoms with Gasteiger partial charge in [-0.1, -0.05) is 13.8 Å². The number of piperazine rings is 1. The number of aliphatic hydroxyl groups is 1. The lowest BCUT2D eigenvalue weighted by Crippen LogP contribution is -2.64. The Morgan fingerprint density at radius 2 is 1.78 bits per heavy atom. The Bertz CT molecular complexity index is 1120. The number of anilines is 1. The molecule has 0 aliphatic carbocycles. The molecule has 1 atom stereocenters. The van der Waals surface area contributed by atoms with Gasteiger partial charge in [0.2, 0.25) is 5.91 Å². The average Bonchev–Trinajstić information content (AvgIpc) is 3.42. The summed E-state index contributed by atoms with van der Waals surface area (Å²) in [5, 5.41) is 20.3. The van der Waals surface area contributed by atoms with Gasteiger partial charge in [0, 0.05) is 35.4 Å². The number of aryl methyl sites for hydroxylation is 1. The number of imidazole rings is 1. The fraction of sp³-hybridized carbons (Fsp3) is 0.500. The van der Waals surface area contributed by atoms with Crippen LogP contribution in [-0.4, -0.2) is 85.4 Å². The van der Waals surface area contributed by atoms with Crippen molar-refractivity contribution in [2.75, 3.05) is 31.5 Å². The zero-order chi connectivity index (χ0) is 26.0. The van der Waals surface area contributed by atoms with Crippen LogP contribution >= 0.6 is 22.6 Å². The number of nitrogens with zero attached hydrogens (tertiary/aromatic N) is 5. The van der Waals surface area contributed by atoms with Crippen molar-refractivity contribution in [3.63, 3.8) is 0 Å². The first-order valence-corrected chi connectivity index (χ1v) is 13.2. The lowest BCUT2D eigenvalue weighted by Gasteiger charge is -2.42. The Kier molecular flexibility index (Phi) is 7.85. The third-order valence-corrected chi connectivity index (χ3v) is 7.75. The predicted molar refractivity (Wildman–Crippen MR) is 142 cm³/mol. The molecule has 0 spiro atoms. The molecule has 3 heterocycles. The zero-order valence-corrected chi connectivity index (χ0v) is 22.9. The lowest BCUT2D eigenvalue weighted by atomic mass is 9.87. The van der Waals surface area contributed by atoms with E-state index in [1.54, 1.807) is 53.6 Å². The van der Waals surface area contributed by atoms with E-state index in [0.717, 1.165) is 9.26 Å². The maximum absolute atomic E-state index is 13.6. The second-order valence-electron chi connectivity index (χ2n) is 9.10. The molecule has 4 rings (SSSR count). The van der Waals surface area contributed by atoms with E-state index in [4.69, 9.17) is 0 Å². The number of carbonyl (C=O) groups is 3. The van der Waals surface area contributed by atoms with Crippen LogP contribution in [-0.2, 0) is 11.3 Å². The maximum atomic E-state index is 13.6. The Morgan fingerprint density at radius 3 is 2.36 bits per heavy atom. The summed E-state index contributed by atoms with van der Waals surface area (Å²) in [5.74, 6) is 0.319. The minimum absolute atomic E-state index is 0.141. The van der Waals surface area contributed by atoms with Crippen LogP contribution in [0.5, 0.6) is 0 Å². The largest absolute Gasteiger partial charge is 0.387 e.